The highest BCUT2D eigenvalue weighted by Gasteiger charge is 2.07. The molecule has 0 unspecified atom stereocenters. The van der Waals surface area contributed by atoms with Crippen LogP contribution in [0.1, 0.15) is 0 Å². The van der Waals surface area contributed by atoms with E-state index >= 15 is 0 Å². The Morgan fingerprint density at radius 2 is 2.36 bits per heavy atom. The minimum absolute atomic E-state index is 0.400. The van der Waals surface area contributed by atoms with Crippen molar-refractivity contribution < 1.29 is 8.78 Å². The highest BCUT2D eigenvalue weighted by Crippen LogP contribution is 2.15. The van der Waals surface area contributed by atoms with E-state index in [1.807, 2.05) is 22.6 Å². The summed E-state index contributed by atoms with van der Waals surface area (Å²) in [4.78, 5) is 0. The van der Waals surface area contributed by atoms with Gasteiger partial charge in [-0.1, -0.05) is 11.6 Å². The van der Waals surface area contributed by atoms with Crippen LogP contribution in [-0.4, -0.2) is 16.2 Å². The number of nitrogens with zero attached hydrogens (tertiary/aromatic N) is 2. The van der Waals surface area contributed by atoms with Gasteiger partial charge in [0.25, 0.3) is 6.43 Å². The minimum Gasteiger partial charge on any atom is -0.264 e. The van der Waals surface area contributed by atoms with Gasteiger partial charge in [0.05, 0.1) is 5.02 Å². The molecular weight excluding hydrogens is 288 g/mol. The molecular formula is C5H4ClF2IN2. The number of hydrogen-bond acceptors (Lipinski definition) is 1. The molecule has 0 saturated heterocycles. The SMILES string of the molecule is FC(F)Cn1cc(Cl)c(I)n1. The van der Waals surface area contributed by atoms with Gasteiger partial charge in [0, 0.05) is 6.20 Å². The van der Waals surface area contributed by atoms with Crippen LogP contribution in [0.4, 0.5) is 8.78 Å². The minimum atomic E-state index is -2.39. The smallest absolute Gasteiger partial charge is 0.257 e. The lowest BCUT2D eigenvalue weighted by Gasteiger charge is -1.96. The standard InChI is InChI=1S/C5H4ClF2IN2/c6-3-1-11(2-4(7)8)10-5(3)9/h1,4H,2H2. The van der Waals surface area contributed by atoms with Gasteiger partial charge in [0.2, 0.25) is 0 Å². The Morgan fingerprint density at radius 3 is 2.73 bits per heavy atom. The molecule has 0 aliphatic rings. The summed E-state index contributed by atoms with van der Waals surface area (Å²) in [5.74, 6) is 0. The van der Waals surface area contributed by atoms with E-state index in [9.17, 15) is 8.78 Å². The van der Waals surface area contributed by atoms with Gasteiger partial charge in [-0.05, 0) is 22.6 Å². The average molecular weight is 292 g/mol. The van der Waals surface area contributed by atoms with Gasteiger partial charge >= 0.3 is 0 Å². The van der Waals surface area contributed by atoms with Crippen molar-refractivity contribution in [3.05, 3.63) is 14.9 Å². The van der Waals surface area contributed by atoms with Crippen molar-refractivity contribution in [3.63, 3.8) is 0 Å². The third kappa shape index (κ3) is 2.55. The predicted molar refractivity (Wildman–Crippen MR) is 46.0 cm³/mol. The van der Waals surface area contributed by atoms with Crippen molar-refractivity contribution in [1.29, 1.82) is 0 Å². The molecule has 1 aromatic rings. The van der Waals surface area contributed by atoms with E-state index in [-0.39, 0.29) is 0 Å². The first-order chi connectivity index (χ1) is 5.09. The summed E-state index contributed by atoms with van der Waals surface area (Å²) in [6, 6.07) is 0. The molecule has 0 bridgehead atoms. The summed E-state index contributed by atoms with van der Waals surface area (Å²) >= 11 is 7.46. The molecule has 0 saturated carbocycles. The zero-order chi connectivity index (χ0) is 8.43. The van der Waals surface area contributed by atoms with Crippen LogP contribution in [0.25, 0.3) is 0 Å². The monoisotopic (exact) mass is 292 g/mol. The first-order valence-corrected chi connectivity index (χ1v) is 4.22. The second-order valence-electron chi connectivity index (χ2n) is 1.88. The number of alkyl halides is 2. The van der Waals surface area contributed by atoms with E-state index in [1.165, 1.54) is 6.20 Å². The van der Waals surface area contributed by atoms with Crippen molar-refractivity contribution in [2.24, 2.45) is 0 Å². The van der Waals surface area contributed by atoms with Gasteiger partial charge in [0.15, 0.2) is 0 Å². The molecule has 0 N–H and O–H groups in total. The summed E-state index contributed by atoms with van der Waals surface area (Å²) in [6.45, 7) is -0.400. The van der Waals surface area contributed by atoms with Gasteiger partial charge < -0.3 is 0 Å². The fourth-order valence-electron chi connectivity index (χ4n) is 0.608. The van der Waals surface area contributed by atoms with Gasteiger partial charge in [-0.15, -0.1) is 0 Å². The average Bonchev–Trinajstić information content (AvgIpc) is 2.10. The molecule has 0 aliphatic carbocycles. The molecule has 2 nitrogen and oxygen atoms in total. The van der Waals surface area contributed by atoms with Gasteiger partial charge in [-0.2, -0.15) is 5.10 Å². The zero-order valence-corrected chi connectivity index (χ0v) is 8.18. The van der Waals surface area contributed by atoms with Crippen LogP contribution in [0.3, 0.4) is 0 Å². The maximum absolute atomic E-state index is 11.8. The molecule has 1 aromatic heterocycles. The molecule has 0 aliphatic heterocycles. The molecule has 0 aromatic carbocycles. The van der Waals surface area contributed by atoms with E-state index in [0.717, 1.165) is 4.68 Å². The third-order valence-corrected chi connectivity index (χ3v) is 2.39. The van der Waals surface area contributed by atoms with Crippen LogP contribution in [0.5, 0.6) is 0 Å². The van der Waals surface area contributed by atoms with Crippen molar-refractivity contribution >= 4 is 34.2 Å². The van der Waals surface area contributed by atoms with Crippen LogP contribution >= 0.6 is 34.2 Å². The molecule has 0 spiro atoms. The molecule has 11 heavy (non-hydrogen) atoms. The Balaban J connectivity index is 2.73. The molecule has 1 heterocycles. The Kier molecular flexibility index (Phi) is 3.06. The molecule has 1 rings (SSSR count). The first kappa shape index (κ1) is 9.18. The number of rotatable bonds is 2. The quantitative estimate of drug-likeness (QED) is 0.766. The lowest BCUT2D eigenvalue weighted by molar-refractivity contribution is 0.121. The van der Waals surface area contributed by atoms with Gasteiger partial charge in [-0.3, -0.25) is 4.68 Å². The summed E-state index contributed by atoms with van der Waals surface area (Å²) in [6.07, 6.45) is -1.00. The summed E-state index contributed by atoms with van der Waals surface area (Å²) in [5.41, 5.74) is 0. The van der Waals surface area contributed by atoms with E-state index < -0.39 is 13.0 Å². The Morgan fingerprint density at radius 1 is 1.73 bits per heavy atom. The Hall–Kier alpha value is 0.0900. The molecule has 0 amide bonds. The highest BCUT2D eigenvalue weighted by molar-refractivity contribution is 14.1. The van der Waals surface area contributed by atoms with Crippen LogP contribution in [0, 0.1) is 3.70 Å². The lowest BCUT2D eigenvalue weighted by atomic mass is 10.7. The molecule has 0 fully saturated rings. The summed E-state index contributed by atoms with van der Waals surface area (Å²) < 4.78 is 25.2. The van der Waals surface area contributed by atoms with Crippen LogP contribution in [-0.2, 0) is 6.54 Å². The molecule has 0 radical (unpaired) electrons. The Bertz CT molecular complexity index is 231. The van der Waals surface area contributed by atoms with Crippen molar-refractivity contribution in [2.45, 2.75) is 13.0 Å². The van der Waals surface area contributed by atoms with Crippen LogP contribution in [0.2, 0.25) is 5.02 Å². The fraction of sp³-hybridized carbons (Fsp3) is 0.400. The van der Waals surface area contributed by atoms with Gasteiger partial charge in [0.1, 0.15) is 10.2 Å². The Labute approximate surface area is 80.7 Å². The van der Waals surface area contributed by atoms with Crippen molar-refractivity contribution in [2.75, 3.05) is 0 Å². The maximum atomic E-state index is 11.8. The van der Waals surface area contributed by atoms with Gasteiger partial charge in [-0.25, -0.2) is 8.78 Å². The lowest BCUT2D eigenvalue weighted by Crippen LogP contribution is -2.06. The topological polar surface area (TPSA) is 17.8 Å². The highest BCUT2D eigenvalue weighted by atomic mass is 127. The molecule has 62 valence electrons. The largest absolute Gasteiger partial charge is 0.264 e. The van der Waals surface area contributed by atoms with Crippen molar-refractivity contribution in [1.82, 2.24) is 9.78 Å². The number of hydrogen-bond donors (Lipinski definition) is 0. The number of aromatic nitrogens is 2. The second-order valence-corrected chi connectivity index (χ2v) is 3.31. The normalized spacial score (nSPS) is 11.0. The first-order valence-electron chi connectivity index (χ1n) is 2.76. The van der Waals surface area contributed by atoms with E-state index in [0.29, 0.717) is 8.72 Å². The summed E-state index contributed by atoms with van der Waals surface area (Å²) in [7, 11) is 0. The predicted octanol–water partition coefficient (Wildman–Crippen LogP) is 2.41. The molecule has 0 atom stereocenters. The van der Waals surface area contributed by atoms with Crippen LogP contribution in [0.15, 0.2) is 6.20 Å². The maximum Gasteiger partial charge on any atom is 0.257 e. The summed E-state index contributed by atoms with van der Waals surface area (Å²) in [5, 5.41) is 4.15. The zero-order valence-electron chi connectivity index (χ0n) is 5.27. The van der Waals surface area contributed by atoms with Crippen LogP contribution < -0.4 is 0 Å². The number of halogens is 4. The van der Waals surface area contributed by atoms with E-state index in [1.54, 1.807) is 0 Å². The fourth-order valence-corrected chi connectivity index (χ4v) is 1.18. The third-order valence-electron chi connectivity index (χ3n) is 1.00. The van der Waals surface area contributed by atoms with E-state index in [4.69, 9.17) is 11.6 Å². The van der Waals surface area contributed by atoms with E-state index in [2.05, 4.69) is 5.10 Å². The van der Waals surface area contributed by atoms with Crippen molar-refractivity contribution in [3.8, 4) is 0 Å². The second kappa shape index (κ2) is 3.66. The molecule has 6 heteroatoms.